The summed E-state index contributed by atoms with van der Waals surface area (Å²) in [6, 6.07) is 3.62. The average molecular weight is 248 g/mol. The van der Waals surface area contributed by atoms with Crippen LogP contribution in [0.5, 0.6) is 0 Å². The lowest BCUT2D eigenvalue weighted by Crippen LogP contribution is -2.45. The Morgan fingerprint density at radius 1 is 1.33 bits per heavy atom. The zero-order valence-electron chi connectivity index (χ0n) is 10.8. The Balaban J connectivity index is 1.91. The van der Waals surface area contributed by atoms with E-state index in [2.05, 4.69) is 15.7 Å². The number of nitrogens with one attached hydrogen (secondary N) is 2. The third-order valence-corrected chi connectivity index (χ3v) is 2.99. The van der Waals surface area contributed by atoms with Crippen molar-refractivity contribution in [3.05, 3.63) is 24.0 Å². The maximum Gasteiger partial charge on any atom is 0.284 e. The van der Waals surface area contributed by atoms with E-state index in [4.69, 9.17) is 0 Å². The van der Waals surface area contributed by atoms with Crippen LogP contribution < -0.4 is 10.7 Å². The first-order valence-corrected chi connectivity index (χ1v) is 6.55. The molecule has 1 aliphatic rings. The van der Waals surface area contributed by atoms with Crippen LogP contribution in [0.15, 0.2) is 18.3 Å². The molecule has 5 nitrogen and oxygen atoms in total. The molecule has 0 aliphatic carbocycles. The van der Waals surface area contributed by atoms with Gasteiger partial charge in [-0.2, -0.15) is 0 Å². The molecular weight excluding hydrogens is 228 g/mol. The summed E-state index contributed by atoms with van der Waals surface area (Å²) in [7, 11) is 0. The van der Waals surface area contributed by atoms with E-state index in [0.29, 0.717) is 5.69 Å². The van der Waals surface area contributed by atoms with Crippen molar-refractivity contribution in [3.8, 4) is 0 Å². The number of hydrazine groups is 1. The van der Waals surface area contributed by atoms with Gasteiger partial charge in [-0.1, -0.05) is 6.42 Å². The van der Waals surface area contributed by atoms with E-state index in [1.807, 2.05) is 18.0 Å². The highest BCUT2D eigenvalue weighted by molar-refractivity contribution is 5.92. The van der Waals surface area contributed by atoms with E-state index < -0.39 is 0 Å². The molecule has 2 rings (SSSR count). The fraction of sp³-hybridized carbons (Fsp3) is 0.538. The van der Waals surface area contributed by atoms with E-state index in [1.54, 1.807) is 12.3 Å². The maximum atomic E-state index is 11.9. The van der Waals surface area contributed by atoms with Crippen LogP contribution in [0.3, 0.4) is 0 Å². The van der Waals surface area contributed by atoms with Crippen LogP contribution in [0.25, 0.3) is 0 Å². The second kappa shape index (κ2) is 6.35. The van der Waals surface area contributed by atoms with Gasteiger partial charge in [0, 0.05) is 19.6 Å². The molecule has 0 radical (unpaired) electrons. The summed E-state index contributed by atoms with van der Waals surface area (Å²) in [6.07, 6.45) is 5.23. The molecule has 1 saturated heterocycles. The largest absolute Gasteiger partial charge is 0.384 e. The molecule has 1 aromatic heterocycles. The van der Waals surface area contributed by atoms with Crippen molar-refractivity contribution >= 4 is 11.6 Å². The Kier molecular flexibility index (Phi) is 4.52. The second-order valence-corrected chi connectivity index (χ2v) is 4.45. The van der Waals surface area contributed by atoms with Crippen molar-refractivity contribution in [2.75, 3.05) is 25.0 Å². The van der Waals surface area contributed by atoms with Crippen molar-refractivity contribution < 1.29 is 4.79 Å². The van der Waals surface area contributed by atoms with E-state index in [1.165, 1.54) is 6.42 Å². The molecule has 1 amide bonds. The van der Waals surface area contributed by atoms with Crippen LogP contribution in [0.1, 0.15) is 36.7 Å². The summed E-state index contributed by atoms with van der Waals surface area (Å²) in [5.41, 5.74) is 4.30. The van der Waals surface area contributed by atoms with Gasteiger partial charge in [0.25, 0.3) is 5.91 Å². The van der Waals surface area contributed by atoms with Crippen LogP contribution in [0.4, 0.5) is 5.69 Å². The van der Waals surface area contributed by atoms with Gasteiger partial charge < -0.3 is 5.32 Å². The lowest BCUT2D eigenvalue weighted by atomic mass is 10.2. The lowest BCUT2D eigenvalue weighted by Gasteiger charge is -2.26. The number of pyridine rings is 1. The van der Waals surface area contributed by atoms with Crippen molar-refractivity contribution in [1.29, 1.82) is 0 Å². The molecule has 0 bridgehead atoms. The predicted molar refractivity (Wildman–Crippen MR) is 71.3 cm³/mol. The first-order valence-electron chi connectivity index (χ1n) is 6.55. The van der Waals surface area contributed by atoms with Crippen LogP contribution >= 0.6 is 0 Å². The third-order valence-electron chi connectivity index (χ3n) is 2.99. The number of aromatic nitrogens is 1. The molecule has 0 spiro atoms. The zero-order valence-corrected chi connectivity index (χ0v) is 10.8. The topological polar surface area (TPSA) is 57.3 Å². The van der Waals surface area contributed by atoms with E-state index >= 15 is 0 Å². The van der Waals surface area contributed by atoms with Crippen molar-refractivity contribution in [2.24, 2.45) is 0 Å². The maximum absolute atomic E-state index is 11.9. The molecule has 1 fully saturated rings. The van der Waals surface area contributed by atoms with Gasteiger partial charge >= 0.3 is 0 Å². The highest BCUT2D eigenvalue weighted by Gasteiger charge is 2.14. The Labute approximate surface area is 108 Å². The Bertz CT molecular complexity index is 384. The molecule has 0 unspecified atom stereocenters. The normalized spacial score (nSPS) is 16.3. The second-order valence-electron chi connectivity index (χ2n) is 4.45. The highest BCUT2D eigenvalue weighted by atomic mass is 16.2. The Morgan fingerprint density at radius 3 is 2.72 bits per heavy atom. The molecule has 1 aliphatic heterocycles. The van der Waals surface area contributed by atoms with Crippen LogP contribution in [0.2, 0.25) is 0 Å². The van der Waals surface area contributed by atoms with Crippen molar-refractivity contribution in [1.82, 2.24) is 15.4 Å². The average Bonchev–Trinajstić information content (AvgIpc) is 2.41. The molecule has 2 N–H and O–H groups in total. The summed E-state index contributed by atoms with van der Waals surface area (Å²) < 4.78 is 0. The highest BCUT2D eigenvalue weighted by Crippen LogP contribution is 2.08. The van der Waals surface area contributed by atoms with E-state index in [0.717, 1.165) is 38.2 Å². The minimum absolute atomic E-state index is 0.125. The number of anilines is 1. The monoisotopic (exact) mass is 248 g/mol. The fourth-order valence-electron chi connectivity index (χ4n) is 2.04. The van der Waals surface area contributed by atoms with Gasteiger partial charge in [0.1, 0.15) is 5.69 Å². The zero-order chi connectivity index (χ0) is 12.8. The number of piperidine rings is 1. The molecule has 18 heavy (non-hydrogen) atoms. The first kappa shape index (κ1) is 12.8. The summed E-state index contributed by atoms with van der Waals surface area (Å²) in [5, 5.41) is 5.13. The number of carbonyl (C=O) groups excluding carboxylic acids is 1. The number of carbonyl (C=O) groups is 1. The van der Waals surface area contributed by atoms with Gasteiger partial charge in [0.05, 0.1) is 11.9 Å². The molecule has 1 aromatic rings. The summed E-state index contributed by atoms with van der Waals surface area (Å²) in [5.74, 6) is -0.125. The Morgan fingerprint density at radius 2 is 2.11 bits per heavy atom. The fourth-order valence-corrected chi connectivity index (χ4v) is 2.04. The van der Waals surface area contributed by atoms with Gasteiger partial charge in [-0.05, 0) is 31.9 Å². The summed E-state index contributed by atoms with van der Waals surface area (Å²) >= 11 is 0. The molecule has 2 heterocycles. The quantitative estimate of drug-likeness (QED) is 0.850. The third kappa shape index (κ3) is 3.43. The predicted octanol–water partition coefficient (Wildman–Crippen LogP) is 1.64. The first-order chi connectivity index (χ1) is 8.79. The number of amides is 1. The summed E-state index contributed by atoms with van der Waals surface area (Å²) in [6.45, 7) is 4.74. The number of rotatable bonds is 4. The van der Waals surface area contributed by atoms with Crippen molar-refractivity contribution in [2.45, 2.75) is 26.2 Å². The van der Waals surface area contributed by atoms with E-state index in [-0.39, 0.29) is 5.91 Å². The number of hydrogen-bond donors (Lipinski definition) is 2. The minimum atomic E-state index is -0.125. The molecular formula is C13H20N4O. The molecule has 5 heteroatoms. The molecule has 0 aromatic carbocycles. The van der Waals surface area contributed by atoms with Gasteiger partial charge in [-0.25, -0.2) is 9.99 Å². The standard InChI is InChI=1S/C13H20N4O/c1-2-14-11-6-7-12(15-10-11)13(18)16-17-8-4-3-5-9-17/h6-7,10,14H,2-5,8-9H2,1H3,(H,16,18). The van der Waals surface area contributed by atoms with Crippen LogP contribution in [-0.4, -0.2) is 35.5 Å². The van der Waals surface area contributed by atoms with Crippen LogP contribution in [-0.2, 0) is 0 Å². The van der Waals surface area contributed by atoms with Gasteiger partial charge in [0.2, 0.25) is 0 Å². The molecule has 0 atom stereocenters. The SMILES string of the molecule is CCNc1ccc(C(=O)NN2CCCCC2)nc1. The molecule has 98 valence electrons. The van der Waals surface area contributed by atoms with Gasteiger partial charge in [0.15, 0.2) is 0 Å². The van der Waals surface area contributed by atoms with Gasteiger partial charge in [-0.15, -0.1) is 0 Å². The summed E-state index contributed by atoms with van der Waals surface area (Å²) in [4.78, 5) is 16.1. The smallest absolute Gasteiger partial charge is 0.284 e. The lowest BCUT2D eigenvalue weighted by molar-refractivity contribution is 0.0745. The number of nitrogens with zero attached hydrogens (tertiary/aromatic N) is 2. The minimum Gasteiger partial charge on any atom is -0.384 e. The van der Waals surface area contributed by atoms with Crippen molar-refractivity contribution in [3.63, 3.8) is 0 Å². The van der Waals surface area contributed by atoms with Gasteiger partial charge in [-0.3, -0.25) is 10.2 Å². The molecule has 0 saturated carbocycles. The van der Waals surface area contributed by atoms with Crippen LogP contribution in [0, 0.1) is 0 Å². The number of hydrogen-bond acceptors (Lipinski definition) is 4. The Hall–Kier alpha value is -1.62. The van der Waals surface area contributed by atoms with E-state index in [9.17, 15) is 4.79 Å².